The zero-order valence-electron chi connectivity index (χ0n) is 23.9. The molecule has 236 valence electrons. The molecule has 47 heavy (non-hydrogen) atoms. The molecule has 0 radical (unpaired) electrons. The fraction of sp³-hybridized carbons (Fsp3) is 0. The molecular formula is C32H22FeN6O8. The number of phenols is 4. The number of hydrogen-bond acceptors (Lipinski definition) is 12. The van der Waals surface area contributed by atoms with Gasteiger partial charge in [0.1, 0.15) is 45.7 Å². The first kappa shape index (κ1) is 33.5. The van der Waals surface area contributed by atoms with Crippen LogP contribution in [0.2, 0.25) is 0 Å². The maximum Gasteiger partial charge on any atom is 0.271 e. The van der Waals surface area contributed by atoms with Gasteiger partial charge in [-0.2, -0.15) is 0 Å². The van der Waals surface area contributed by atoms with Crippen molar-refractivity contribution >= 4 is 55.7 Å². The standard InChI is InChI=1S/2C16H11N3O4.Fe/c2*20-14-8-6-11(19(22)23)9-13(14)17-18-16-12-4-2-1-3-10(12)5-7-15(16)21;/h2*1-9,20-21H;. The summed E-state index contributed by atoms with van der Waals surface area (Å²) in [4.78, 5) is 20.4. The maximum atomic E-state index is 10.8. The second kappa shape index (κ2) is 14.6. The summed E-state index contributed by atoms with van der Waals surface area (Å²) in [6.45, 7) is 0. The Hall–Kier alpha value is -6.44. The monoisotopic (exact) mass is 674 g/mol. The molecule has 0 fully saturated rings. The van der Waals surface area contributed by atoms with Gasteiger partial charge in [0.05, 0.1) is 9.85 Å². The third-order valence-corrected chi connectivity index (χ3v) is 6.61. The minimum absolute atomic E-state index is 0. The van der Waals surface area contributed by atoms with Gasteiger partial charge in [-0.3, -0.25) is 20.2 Å². The first-order valence-corrected chi connectivity index (χ1v) is 13.3. The Bertz CT molecular complexity index is 2040. The van der Waals surface area contributed by atoms with Crippen LogP contribution in [0, 0.1) is 20.2 Å². The van der Waals surface area contributed by atoms with Crippen molar-refractivity contribution in [2.24, 2.45) is 20.5 Å². The maximum absolute atomic E-state index is 10.8. The number of nitrogens with zero attached hydrogens (tertiary/aromatic N) is 6. The van der Waals surface area contributed by atoms with Crippen molar-refractivity contribution in [2.75, 3.05) is 0 Å². The van der Waals surface area contributed by atoms with Crippen molar-refractivity contribution < 1.29 is 47.3 Å². The van der Waals surface area contributed by atoms with E-state index in [9.17, 15) is 40.7 Å². The third-order valence-electron chi connectivity index (χ3n) is 6.61. The number of nitro groups is 2. The van der Waals surface area contributed by atoms with E-state index in [1.165, 1.54) is 36.4 Å². The van der Waals surface area contributed by atoms with Gasteiger partial charge in [0.15, 0.2) is 0 Å². The fourth-order valence-electron chi connectivity index (χ4n) is 4.32. The molecule has 0 heterocycles. The van der Waals surface area contributed by atoms with Gasteiger partial charge in [-0.15, -0.1) is 20.5 Å². The summed E-state index contributed by atoms with van der Waals surface area (Å²) in [7, 11) is 0. The smallest absolute Gasteiger partial charge is 0.271 e. The molecule has 15 heteroatoms. The van der Waals surface area contributed by atoms with Gasteiger partial charge in [0, 0.05) is 52.1 Å². The van der Waals surface area contributed by atoms with Crippen molar-refractivity contribution in [3.05, 3.63) is 129 Å². The number of fused-ring (bicyclic) bond motifs is 2. The Morgan fingerprint density at radius 2 is 0.830 bits per heavy atom. The summed E-state index contributed by atoms with van der Waals surface area (Å²) in [5.41, 5.74) is -0.0566. The van der Waals surface area contributed by atoms with Gasteiger partial charge in [0.25, 0.3) is 11.4 Å². The van der Waals surface area contributed by atoms with Crippen LogP contribution in [0.4, 0.5) is 34.1 Å². The van der Waals surface area contributed by atoms with Crippen molar-refractivity contribution in [2.45, 2.75) is 0 Å². The normalized spacial score (nSPS) is 10.9. The van der Waals surface area contributed by atoms with E-state index in [4.69, 9.17) is 0 Å². The Balaban J connectivity index is 0.000000208. The number of aromatic hydroxyl groups is 4. The van der Waals surface area contributed by atoms with Crippen LogP contribution < -0.4 is 0 Å². The summed E-state index contributed by atoms with van der Waals surface area (Å²) < 4.78 is 0. The number of non-ortho nitro benzene ring substituents is 2. The SMILES string of the molecule is O=[N+]([O-])c1ccc(O)c(N=Nc2c(O)ccc3ccccc23)c1.O=[N+]([O-])c1ccc(O)c(N=Nc2c(O)ccc3ccccc23)c1.[Fe]. The molecule has 0 amide bonds. The molecule has 0 saturated heterocycles. The van der Waals surface area contributed by atoms with Crippen LogP contribution in [0.5, 0.6) is 23.0 Å². The van der Waals surface area contributed by atoms with Crippen LogP contribution in [0.1, 0.15) is 0 Å². The number of rotatable bonds is 6. The predicted molar refractivity (Wildman–Crippen MR) is 169 cm³/mol. The number of hydrogen-bond donors (Lipinski definition) is 4. The van der Waals surface area contributed by atoms with Crippen LogP contribution >= 0.6 is 0 Å². The van der Waals surface area contributed by atoms with Crippen molar-refractivity contribution in [1.29, 1.82) is 0 Å². The molecule has 0 bridgehead atoms. The van der Waals surface area contributed by atoms with Gasteiger partial charge in [-0.25, -0.2) is 0 Å². The molecular weight excluding hydrogens is 652 g/mol. The third kappa shape index (κ3) is 7.62. The average molecular weight is 674 g/mol. The fourth-order valence-corrected chi connectivity index (χ4v) is 4.32. The van der Waals surface area contributed by atoms with Crippen LogP contribution in [0.3, 0.4) is 0 Å². The van der Waals surface area contributed by atoms with Gasteiger partial charge < -0.3 is 20.4 Å². The molecule has 0 saturated carbocycles. The van der Waals surface area contributed by atoms with Gasteiger partial charge in [0.2, 0.25) is 0 Å². The van der Waals surface area contributed by atoms with E-state index in [-0.39, 0.29) is 74.2 Å². The second-order valence-corrected chi connectivity index (χ2v) is 9.57. The van der Waals surface area contributed by atoms with Gasteiger partial charge in [-0.1, -0.05) is 60.7 Å². The summed E-state index contributed by atoms with van der Waals surface area (Å²) in [5, 5.41) is 79.7. The molecule has 0 aliphatic rings. The molecule has 4 N–H and O–H groups in total. The summed E-state index contributed by atoms with van der Waals surface area (Å²) in [6, 6.07) is 28.0. The molecule has 0 spiro atoms. The molecule has 0 aliphatic heterocycles. The van der Waals surface area contributed by atoms with Crippen LogP contribution in [0.15, 0.2) is 130 Å². The molecule has 0 atom stereocenters. The minimum Gasteiger partial charge on any atom is -0.506 e. The Labute approximate surface area is 275 Å². The molecule has 6 aromatic rings. The Morgan fingerprint density at radius 1 is 0.468 bits per heavy atom. The van der Waals surface area contributed by atoms with E-state index < -0.39 is 9.85 Å². The van der Waals surface area contributed by atoms with E-state index >= 15 is 0 Å². The molecule has 14 nitrogen and oxygen atoms in total. The van der Waals surface area contributed by atoms with Crippen LogP contribution in [-0.4, -0.2) is 30.3 Å². The van der Waals surface area contributed by atoms with Crippen molar-refractivity contribution in [3.8, 4) is 23.0 Å². The van der Waals surface area contributed by atoms with E-state index in [2.05, 4.69) is 20.5 Å². The second-order valence-electron chi connectivity index (χ2n) is 9.57. The predicted octanol–water partition coefficient (Wildman–Crippen LogP) is 9.15. The quantitative estimate of drug-likeness (QED) is 0.0576. The molecule has 0 unspecified atom stereocenters. The Morgan fingerprint density at radius 3 is 1.21 bits per heavy atom. The Kier molecular flexibility index (Phi) is 10.4. The number of phenolic OH excluding ortho intramolecular Hbond substituents is 4. The largest absolute Gasteiger partial charge is 0.506 e. The van der Waals surface area contributed by atoms with Crippen LogP contribution in [-0.2, 0) is 17.1 Å². The number of azo groups is 2. The topological polar surface area (TPSA) is 217 Å². The zero-order chi connectivity index (χ0) is 32.8. The number of nitro benzene ring substituents is 2. The first-order valence-electron chi connectivity index (χ1n) is 13.3. The summed E-state index contributed by atoms with van der Waals surface area (Å²) >= 11 is 0. The van der Waals surface area contributed by atoms with E-state index in [1.54, 1.807) is 36.4 Å². The zero-order valence-corrected chi connectivity index (χ0v) is 25.0. The van der Waals surface area contributed by atoms with Gasteiger partial charge in [-0.05, 0) is 35.0 Å². The van der Waals surface area contributed by atoms with E-state index in [0.717, 1.165) is 22.9 Å². The van der Waals surface area contributed by atoms with E-state index in [1.807, 2.05) is 24.3 Å². The van der Waals surface area contributed by atoms with Crippen molar-refractivity contribution in [1.82, 2.24) is 0 Å². The molecule has 6 aromatic carbocycles. The van der Waals surface area contributed by atoms with Gasteiger partial charge >= 0.3 is 0 Å². The number of benzene rings is 6. The van der Waals surface area contributed by atoms with Crippen LogP contribution in [0.25, 0.3) is 21.5 Å². The molecule has 0 aliphatic carbocycles. The summed E-state index contributed by atoms with van der Waals surface area (Å²) in [5.74, 6) is -0.618. The van der Waals surface area contributed by atoms with Crippen molar-refractivity contribution in [3.63, 3.8) is 0 Å². The summed E-state index contributed by atoms with van der Waals surface area (Å²) in [6.07, 6.45) is 0. The molecule has 6 rings (SSSR count). The first-order chi connectivity index (χ1) is 22.1. The minimum atomic E-state index is -0.589. The molecule has 0 aromatic heterocycles. The van der Waals surface area contributed by atoms with E-state index in [0.29, 0.717) is 10.8 Å². The average Bonchev–Trinajstić information content (AvgIpc) is 3.05.